The SMILES string of the molecule is Cc1ccc(NC(=O)[C@H]2CN(CC(F)(F)F)C[C@@H]2c2nnc(C3CC(CC(C)(C)C)C3)n2C2CC2)c(C)c1. The summed E-state index contributed by atoms with van der Waals surface area (Å²) >= 11 is 0. The number of aryl methyl sites for hydroxylation is 2. The van der Waals surface area contributed by atoms with E-state index in [1.165, 1.54) is 11.3 Å². The molecular weight excluding hydrogens is 491 g/mol. The summed E-state index contributed by atoms with van der Waals surface area (Å²) in [5, 5.41) is 12.2. The average Bonchev–Trinajstić information content (AvgIpc) is 3.38. The molecule has 1 aliphatic heterocycles. The minimum atomic E-state index is -4.33. The van der Waals surface area contributed by atoms with E-state index in [2.05, 4.69) is 40.9 Å². The van der Waals surface area contributed by atoms with Gasteiger partial charge in [-0.3, -0.25) is 9.69 Å². The summed E-state index contributed by atoms with van der Waals surface area (Å²) in [7, 11) is 0. The predicted molar refractivity (Wildman–Crippen MR) is 141 cm³/mol. The molecule has 208 valence electrons. The predicted octanol–water partition coefficient (Wildman–Crippen LogP) is 6.38. The number of benzene rings is 1. The topological polar surface area (TPSA) is 63.1 Å². The van der Waals surface area contributed by atoms with Crippen molar-refractivity contribution in [2.75, 3.05) is 25.0 Å². The van der Waals surface area contributed by atoms with Gasteiger partial charge in [-0.05, 0) is 68.9 Å². The number of likely N-dealkylation sites (tertiary alicyclic amines) is 1. The molecule has 1 aromatic carbocycles. The highest BCUT2D eigenvalue weighted by atomic mass is 19.4. The number of nitrogens with one attached hydrogen (secondary N) is 1. The molecule has 1 saturated heterocycles. The number of rotatable bonds is 7. The first-order valence-electron chi connectivity index (χ1n) is 13.9. The van der Waals surface area contributed by atoms with E-state index in [9.17, 15) is 18.0 Å². The number of hydrogen-bond acceptors (Lipinski definition) is 4. The number of alkyl halides is 3. The maximum Gasteiger partial charge on any atom is 0.401 e. The van der Waals surface area contributed by atoms with Crippen LogP contribution in [0.2, 0.25) is 0 Å². The largest absolute Gasteiger partial charge is 0.401 e. The van der Waals surface area contributed by atoms with E-state index < -0.39 is 24.6 Å². The molecule has 0 spiro atoms. The van der Waals surface area contributed by atoms with Crippen molar-refractivity contribution in [2.45, 2.75) is 90.8 Å². The normalized spacial score (nSPS) is 26.4. The fraction of sp³-hybridized carbons (Fsp3) is 0.690. The minimum absolute atomic E-state index is 0.0465. The Morgan fingerprint density at radius 2 is 1.74 bits per heavy atom. The van der Waals surface area contributed by atoms with Crippen molar-refractivity contribution in [1.82, 2.24) is 19.7 Å². The lowest BCUT2D eigenvalue weighted by atomic mass is 9.68. The quantitative estimate of drug-likeness (QED) is 0.451. The summed E-state index contributed by atoms with van der Waals surface area (Å²) in [5.41, 5.74) is 2.99. The Morgan fingerprint density at radius 3 is 2.34 bits per heavy atom. The standard InChI is InChI=1S/C29H40F3N5O/c1-17-6-9-24(18(2)10-17)33-27(38)23-15-36(16-29(30,31)32)14-22(23)26-35-34-25(37(26)21-7-8-21)20-11-19(12-20)13-28(3,4)5/h6,9-10,19-23H,7-8,11-16H2,1-5H3,(H,33,38)/t19?,20?,22-,23-/m0/s1. The minimum Gasteiger partial charge on any atom is -0.326 e. The van der Waals surface area contributed by atoms with Crippen LogP contribution >= 0.6 is 0 Å². The second kappa shape index (κ2) is 9.96. The number of nitrogens with zero attached hydrogens (tertiary/aromatic N) is 4. The first-order chi connectivity index (χ1) is 17.8. The van der Waals surface area contributed by atoms with Crippen LogP contribution in [0.25, 0.3) is 0 Å². The van der Waals surface area contributed by atoms with Gasteiger partial charge in [0.25, 0.3) is 0 Å². The molecule has 0 unspecified atom stereocenters. The van der Waals surface area contributed by atoms with E-state index >= 15 is 0 Å². The highest BCUT2D eigenvalue weighted by molar-refractivity contribution is 5.94. The Morgan fingerprint density at radius 1 is 1.05 bits per heavy atom. The smallest absolute Gasteiger partial charge is 0.326 e. The molecule has 2 aliphatic carbocycles. The third kappa shape index (κ3) is 6.08. The molecule has 3 fully saturated rings. The van der Waals surface area contributed by atoms with Crippen molar-refractivity contribution < 1.29 is 18.0 Å². The molecule has 5 rings (SSSR count). The van der Waals surface area contributed by atoms with Crippen LogP contribution in [0.1, 0.15) is 93.5 Å². The zero-order valence-electron chi connectivity index (χ0n) is 23.1. The summed E-state index contributed by atoms with van der Waals surface area (Å²) in [6, 6.07) is 6.05. The maximum atomic E-state index is 13.6. The van der Waals surface area contributed by atoms with Gasteiger partial charge in [0, 0.05) is 36.7 Å². The zero-order chi connectivity index (χ0) is 27.4. The molecule has 9 heteroatoms. The van der Waals surface area contributed by atoms with E-state index in [0.29, 0.717) is 23.3 Å². The monoisotopic (exact) mass is 531 g/mol. The summed E-state index contributed by atoms with van der Waals surface area (Å²) in [4.78, 5) is 14.9. The van der Waals surface area contributed by atoms with Crippen LogP contribution in [0.15, 0.2) is 18.2 Å². The fourth-order valence-electron chi connectivity index (χ4n) is 6.51. The number of carbonyl (C=O) groups excluding carboxylic acids is 1. The van der Waals surface area contributed by atoms with Gasteiger partial charge in [0.1, 0.15) is 11.6 Å². The van der Waals surface area contributed by atoms with Crippen LogP contribution in [0.4, 0.5) is 18.9 Å². The molecule has 0 radical (unpaired) electrons. The van der Waals surface area contributed by atoms with Gasteiger partial charge in [0.2, 0.25) is 5.91 Å². The van der Waals surface area contributed by atoms with Crippen molar-refractivity contribution in [3.63, 3.8) is 0 Å². The van der Waals surface area contributed by atoms with Crippen LogP contribution in [0.3, 0.4) is 0 Å². The number of carbonyl (C=O) groups is 1. The molecule has 38 heavy (non-hydrogen) atoms. The van der Waals surface area contributed by atoms with Crippen LogP contribution in [0.5, 0.6) is 0 Å². The molecule has 2 heterocycles. The van der Waals surface area contributed by atoms with Crippen LogP contribution in [-0.4, -0.2) is 51.4 Å². The summed E-state index contributed by atoms with van der Waals surface area (Å²) < 4.78 is 42.3. The van der Waals surface area contributed by atoms with E-state index in [4.69, 9.17) is 0 Å². The van der Waals surface area contributed by atoms with Crippen LogP contribution in [0, 0.1) is 31.1 Å². The lowest BCUT2D eigenvalue weighted by molar-refractivity contribution is -0.144. The van der Waals surface area contributed by atoms with E-state index in [-0.39, 0.29) is 30.5 Å². The second-order valence-electron chi connectivity index (χ2n) is 13.1. The van der Waals surface area contributed by atoms with Gasteiger partial charge in [-0.2, -0.15) is 13.2 Å². The molecule has 0 bridgehead atoms. The third-order valence-corrected chi connectivity index (χ3v) is 8.27. The molecule has 3 aliphatic rings. The Labute approximate surface area is 223 Å². The van der Waals surface area contributed by atoms with E-state index in [0.717, 1.165) is 42.6 Å². The Bertz CT molecular complexity index is 1170. The third-order valence-electron chi connectivity index (χ3n) is 8.27. The Hall–Kier alpha value is -2.42. The van der Waals surface area contributed by atoms with Gasteiger partial charge in [-0.25, -0.2) is 0 Å². The van der Waals surface area contributed by atoms with Crippen molar-refractivity contribution in [1.29, 1.82) is 0 Å². The molecule has 2 atom stereocenters. The van der Waals surface area contributed by atoms with E-state index in [1.54, 1.807) is 0 Å². The molecule has 1 N–H and O–H groups in total. The summed E-state index contributed by atoms with van der Waals surface area (Å²) in [6.45, 7) is 9.86. The van der Waals surface area contributed by atoms with Gasteiger partial charge in [-0.1, -0.05) is 38.5 Å². The first-order valence-corrected chi connectivity index (χ1v) is 13.9. The van der Waals surface area contributed by atoms with E-state index in [1.807, 2.05) is 32.0 Å². The van der Waals surface area contributed by atoms with Crippen LogP contribution in [-0.2, 0) is 4.79 Å². The second-order valence-corrected chi connectivity index (χ2v) is 13.1. The van der Waals surface area contributed by atoms with Crippen molar-refractivity contribution in [3.05, 3.63) is 41.0 Å². The molecule has 1 aromatic heterocycles. The van der Waals surface area contributed by atoms with Gasteiger partial charge in [0.05, 0.1) is 12.5 Å². The van der Waals surface area contributed by atoms with Gasteiger partial charge in [-0.15, -0.1) is 10.2 Å². The molecule has 2 aromatic rings. The lowest BCUT2D eigenvalue weighted by Crippen LogP contribution is -2.34. The highest BCUT2D eigenvalue weighted by Crippen LogP contribution is 2.49. The summed E-state index contributed by atoms with van der Waals surface area (Å²) in [6.07, 6.45) is 1.03. The number of halogens is 3. The number of anilines is 1. The van der Waals surface area contributed by atoms with Gasteiger partial charge >= 0.3 is 6.18 Å². The van der Waals surface area contributed by atoms with Crippen molar-refractivity contribution >= 4 is 11.6 Å². The summed E-state index contributed by atoms with van der Waals surface area (Å²) in [5.74, 6) is 1.32. The van der Waals surface area contributed by atoms with Crippen molar-refractivity contribution in [3.8, 4) is 0 Å². The molecule has 1 amide bonds. The Balaban J connectivity index is 1.40. The molecule has 2 saturated carbocycles. The number of hydrogen-bond donors (Lipinski definition) is 1. The number of aromatic nitrogens is 3. The van der Waals surface area contributed by atoms with Gasteiger partial charge in [0.15, 0.2) is 0 Å². The number of amides is 1. The van der Waals surface area contributed by atoms with Crippen LogP contribution < -0.4 is 5.32 Å². The first kappa shape index (κ1) is 27.2. The lowest BCUT2D eigenvalue weighted by Gasteiger charge is -2.38. The Kier molecular flexibility index (Phi) is 7.12. The fourth-order valence-corrected chi connectivity index (χ4v) is 6.51. The maximum absolute atomic E-state index is 13.6. The highest BCUT2D eigenvalue weighted by Gasteiger charge is 2.47. The van der Waals surface area contributed by atoms with Gasteiger partial charge < -0.3 is 9.88 Å². The average molecular weight is 532 g/mol. The van der Waals surface area contributed by atoms with Crippen molar-refractivity contribution in [2.24, 2.45) is 17.3 Å². The molecular formula is C29H40F3N5O. The molecule has 6 nitrogen and oxygen atoms in total. The zero-order valence-corrected chi connectivity index (χ0v) is 23.1.